The number of halogens is 2. The number of Topliss-reactive ketones (excluding diaryl/α,β-unsaturated/α-hetero) is 1. The third-order valence-corrected chi connectivity index (χ3v) is 5.69. The predicted molar refractivity (Wildman–Crippen MR) is 99.6 cm³/mol. The number of nitrogens with zero attached hydrogens (tertiary/aromatic N) is 1. The number of hydrogen-bond acceptors (Lipinski definition) is 3. The Bertz CT molecular complexity index is 959. The van der Waals surface area contributed by atoms with Crippen LogP contribution >= 0.6 is 0 Å². The molecule has 1 amide bonds. The van der Waals surface area contributed by atoms with Gasteiger partial charge in [0.15, 0.2) is 17.4 Å². The third-order valence-electron chi connectivity index (χ3n) is 5.69. The van der Waals surface area contributed by atoms with Gasteiger partial charge in [0.05, 0.1) is 17.5 Å². The maximum atomic E-state index is 14.2. The highest BCUT2D eigenvalue weighted by molar-refractivity contribution is 6.00. The lowest BCUT2D eigenvalue weighted by Crippen LogP contribution is -2.43. The van der Waals surface area contributed by atoms with E-state index in [2.05, 4.69) is 0 Å². The maximum Gasteiger partial charge on any atom is 0.256 e. The SMILES string of the molecule is Cc1ccc(C(=O)N2CCCC3(CC2)CC(=O)c2ccccc2O3)c(F)c1F. The quantitative estimate of drug-likeness (QED) is 0.735. The Morgan fingerprint density at radius 2 is 1.86 bits per heavy atom. The molecule has 2 heterocycles. The minimum Gasteiger partial charge on any atom is -0.486 e. The van der Waals surface area contributed by atoms with Crippen LogP contribution in [0, 0.1) is 18.6 Å². The first-order chi connectivity index (χ1) is 13.4. The Kier molecular flexibility index (Phi) is 4.65. The molecule has 1 unspecified atom stereocenters. The molecule has 2 aliphatic rings. The van der Waals surface area contributed by atoms with Crippen molar-refractivity contribution in [1.82, 2.24) is 4.90 Å². The molecule has 1 saturated heterocycles. The number of likely N-dealkylation sites (tertiary alicyclic amines) is 1. The van der Waals surface area contributed by atoms with Crippen LogP contribution in [0.3, 0.4) is 0 Å². The number of rotatable bonds is 1. The summed E-state index contributed by atoms with van der Waals surface area (Å²) in [6.45, 7) is 2.19. The van der Waals surface area contributed by atoms with Gasteiger partial charge in [-0.2, -0.15) is 0 Å². The highest BCUT2D eigenvalue weighted by Crippen LogP contribution is 2.39. The summed E-state index contributed by atoms with van der Waals surface area (Å²) in [5, 5.41) is 0. The van der Waals surface area contributed by atoms with Gasteiger partial charge < -0.3 is 9.64 Å². The number of carbonyl (C=O) groups excluding carboxylic acids is 2. The van der Waals surface area contributed by atoms with Crippen LogP contribution in [0.1, 0.15) is 52.0 Å². The molecule has 4 nitrogen and oxygen atoms in total. The van der Waals surface area contributed by atoms with E-state index in [0.717, 1.165) is 0 Å². The van der Waals surface area contributed by atoms with E-state index in [1.165, 1.54) is 24.0 Å². The molecule has 0 bridgehead atoms. The molecule has 28 heavy (non-hydrogen) atoms. The number of ether oxygens (including phenoxy) is 1. The standard InChI is InChI=1S/C22H21F2NO3/c1-14-7-8-16(20(24)19(14)23)21(27)25-11-4-9-22(10-12-25)13-17(26)15-5-2-3-6-18(15)28-22/h2-3,5-8H,4,9-13H2,1H3. The third kappa shape index (κ3) is 3.17. The van der Waals surface area contributed by atoms with Crippen LogP contribution in [0.2, 0.25) is 0 Å². The van der Waals surface area contributed by atoms with Crippen LogP contribution in [0.15, 0.2) is 36.4 Å². The van der Waals surface area contributed by atoms with Crippen LogP contribution < -0.4 is 4.74 Å². The lowest BCUT2D eigenvalue weighted by atomic mass is 9.84. The fourth-order valence-corrected chi connectivity index (χ4v) is 4.07. The summed E-state index contributed by atoms with van der Waals surface area (Å²) in [5.41, 5.74) is -0.165. The number of fused-ring (bicyclic) bond motifs is 1. The van der Waals surface area contributed by atoms with Gasteiger partial charge in [0.1, 0.15) is 11.4 Å². The minimum atomic E-state index is -1.11. The van der Waals surface area contributed by atoms with Crippen molar-refractivity contribution in [2.45, 2.75) is 38.2 Å². The van der Waals surface area contributed by atoms with Crippen molar-refractivity contribution in [2.75, 3.05) is 13.1 Å². The fourth-order valence-electron chi connectivity index (χ4n) is 4.07. The Morgan fingerprint density at radius 1 is 1.07 bits per heavy atom. The van der Waals surface area contributed by atoms with E-state index in [1.807, 2.05) is 6.07 Å². The number of aryl methyl sites for hydroxylation is 1. The van der Waals surface area contributed by atoms with Crippen molar-refractivity contribution in [1.29, 1.82) is 0 Å². The molecule has 6 heteroatoms. The first kappa shape index (κ1) is 18.6. The molecule has 2 aromatic rings. The van der Waals surface area contributed by atoms with E-state index < -0.39 is 23.1 Å². The summed E-state index contributed by atoms with van der Waals surface area (Å²) < 4.78 is 34.3. The predicted octanol–water partition coefficient (Wildman–Crippen LogP) is 4.30. The van der Waals surface area contributed by atoms with E-state index in [-0.39, 0.29) is 23.3 Å². The molecule has 2 aromatic carbocycles. The molecule has 2 aliphatic heterocycles. The number of amides is 1. The zero-order chi connectivity index (χ0) is 19.9. The fraction of sp³-hybridized carbons (Fsp3) is 0.364. The van der Waals surface area contributed by atoms with E-state index in [9.17, 15) is 18.4 Å². The summed E-state index contributed by atoms with van der Waals surface area (Å²) >= 11 is 0. The van der Waals surface area contributed by atoms with Crippen molar-refractivity contribution in [3.05, 3.63) is 64.7 Å². The van der Waals surface area contributed by atoms with Gasteiger partial charge in [-0.05, 0) is 43.5 Å². The van der Waals surface area contributed by atoms with Gasteiger partial charge in [0.25, 0.3) is 5.91 Å². The molecular weight excluding hydrogens is 364 g/mol. The van der Waals surface area contributed by atoms with Crippen molar-refractivity contribution < 1.29 is 23.1 Å². The Labute approximate surface area is 162 Å². The van der Waals surface area contributed by atoms with Crippen LogP contribution in [-0.2, 0) is 0 Å². The molecule has 0 radical (unpaired) electrons. The van der Waals surface area contributed by atoms with Gasteiger partial charge in [-0.1, -0.05) is 18.2 Å². The zero-order valence-electron chi connectivity index (χ0n) is 15.6. The van der Waals surface area contributed by atoms with Gasteiger partial charge >= 0.3 is 0 Å². The van der Waals surface area contributed by atoms with E-state index in [0.29, 0.717) is 43.7 Å². The first-order valence-electron chi connectivity index (χ1n) is 9.45. The summed E-state index contributed by atoms with van der Waals surface area (Å²) in [5.74, 6) is -2.02. The average Bonchev–Trinajstić information content (AvgIpc) is 2.88. The summed E-state index contributed by atoms with van der Waals surface area (Å²) in [6.07, 6.45) is 1.98. The molecule has 4 rings (SSSR count). The van der Waals surface area contributed by atoms with Crippen LogP contribution in [0.5, 0.6) is 5.75 Å². The van der Waals surface area contributed by atoms with Gasteiger partial charge in [-0.3, -0.25) is 9.59 Å². The highest BCUT2D eigenvalue weighted by Gasteiger charge is 2.42. The van der Waals surface area contributed by atoms with E-state index in [1.54, 1.807) is 18.2 Å². The van der Waals surface area contributed by atoms with Gasteiger partial charge in [0.2, 0.25) is 0 Å². The van der Waals surface area contributed by atoms with Crippen LogP contribution in [-0.4, -0.2) is 35.3 Å². The molecule has 0 aromatic heterocycles. The molecule has 0 aliphatic carbocycles. The van der Waals surface area contributed by atoms with Crippen molar-refractivity contribution in [2.24, 2.45) is 0 Å². The lowest BCUT2D eigenvalue weighted by molar-refractivity contribution is 0.0300. The minimum absolute atomic E-state index is 0.0354. The average molecular weight is 385 g/mol. The Balaban J connectivity index is 1.54. The van der Waals surface area contributed by atoms with E-state index in [4.69, 9.17) is 4.74 Å². The second kappa shape index (κ2) is 7.00. The number of carbonyl (C=O) groups is 2. The highest BCUT2D eigenvalue weighted by atomic mass is 19.2. The molecule has 1 spiro atoms. The molecular formula is C22H21F2NO3. The van der Waals surface area contributed by atoms with Crippen molar-refractivity contribution in [3.8, 4) is 5.75 Å². The van der Waals surface area contributed by atoms with Gasteiger partial charge in [-0.15, -0.1) is 0 Å². The molecule has 146 valence electrons. The summed E-state index contributed by atoms with van der Waals surface area (Å²) in [6, 6.07) is 9.91. The second-order valence-electron chi connectivity index (χ2n) is 7.58. The normalized spacial score (nSPS) is 21.8. The second-order valence-corrected chi connectivity index (χ2v) is 7.58. The topological polar surface area (TPSA) is 46.6 Å². The lowest BCUT2D eigenvalue weighted by Gasteiger charge is -2.37. The first-order valence-corrected chi connectivity index (χ1v) is 9.45. The molecule has 0 saturated carbocycles. The van der Waals surface area contributed by atoms with Crippen LogP contribution in [0.25, 0.3) is 0 Å². The number of para-hydroxylation sites is 1. The Morgan fingerprint density at radius 3 is 2.68 bits per heavy atom. The van der Waals surface area contributed by atoms with E-state index >= 15 is 0 Å². The number of ketones is 1. The summed E-state index contributed by atoms with van der Waals surface area (Å²) in [4.78, 5) is 26.9. The molecule has 1 fully saturated rings. The number of benzene rings is 2. The number of hydrogen-bond donors (Lipinski definition) is 0. The van der Waals surface area contributed by atoms with Crippen molar-refractivity contribution in [3.63, 3.8) is 0 Å². The molecule has 1 atom stereocenters. The molecule has 0 N–H and O–H groups in total. The maximum absolute atomic E-state index is 14.2. The smallest absolute Gasteiger partial charge is 0.256 e. The van der Waals surface area contributed by atoms with Crippen molar-refractivity contribution >= 4 is 11.7 Å². The van der Waals surface area contributed by atoms with Crippen LogP contribution in [0.4, 0.5) is 8.78 Å². The summed E-state index contributed by atoms with van der Waals surface area (Å²) in [7, 11) is 0. The van der Waals surface area contributed by atoms with Gasteiger partial charge in [0, 0.05) is 19.5 Å². The monoisotopic (exact) mass is 385 g/mol. The van der Waals surface area contributed by atoms with Gasteiger partial charge in [-0.25, -0.2) is 8.78 Å². The largest absolute Gasteiger partial charge is 0.486 e. The Hall–Kier alpha value is -2.76. The zero-order valence-corrected chi connectivity index (χ0v) is 15.6.